The van der Waals surface area contributed by atoms with Crippen molar-refractivity contribution in [3.05, 3.63) is 0 Å². The second-order valence-electron chi connectivity index (χ2n) is 6.30. The van der Waals surface area contributed by atoms with Crippen LogP contribution >= 0.6 is 0 Å². The molecular formula is C16H34N2. The van der Waals surface area contributed by atoms with Crippen molar-refractivity contribution in [1.82, 2.24) is 10.2 Å². The molecule has 0 spiro atoms. The molecule has 0 amide bonds. The van der Waals surface area contributed by atoms with E-state index in [0.717, 1.165) is 18.0 Å². The lowest BCUT2D eigenvalue weighted by molar-refractivity contribution is 0.163. The van der Waals surface area contributed by atoms with Crippen LogP contribution in [-0.4, -0.2) is 36.6 Å². The fourth-order valence-electron chi connectivity index (χ4n) is 2.64. The summed E-state index contributed by atoms with van der Waals surface area (Å²) in [4.78, 5) is 2.81. The second-order valence-corrected chi connectivity index (χ2v) is 6.30. The molecule has 18 heavy (non-hydrogen) atoms. The summed E-state index contributed by atoms with van der Waals surface area (Å²) in [6.45, 7) is 12.9. The Balaban J connectivity index is 2.42. The van der Waals surface area contributed by atoms with Crippen LogP contribution in [-0.2, 0) is 0 Å². The Morgan fingerprint density at radius 3 is 2.33 bits per heavy atom. The monoisotopic (exact) mass is 254 g/mol. The fraction of sp³-hybridized carbons (Fsp3) is 1.00. The molecule has 0 saturated heterocycles. The molecule has 1 fully saturated rings. The molecular weight excluding hydrogens is 220 g/mol. The maximum Gasteiger partial charge on any atom is 0.0223 e. The minimum Gasteiger partial charge on any atom is -0.315 e. The number of nitrogens with one attached hydrogen (secondary N) is 1. The van der Waals surface area contributed by atoms with Gasteiger partial charge in [-0.25, -0.2) is 0 Å². The summed E-state index contributed by atoms with van der Waals surface area (Å²) in [6, 6.07) is 1.68. The molecule has 0 aromatic heterocycles. The average Bonchev–Trinajstić information content (AvgIpc) is 3.13. The molecule has 1 aliphatic rings. The highest BCUT2D eigenvalue weighted by atomic mass is 15.2. The van der Waals surface area contributed by atoms with E-state index in [1.165, 1.54) is 58.2 Å². The lowest BCUT2D eigenvalue weighted by atomic mass is 10.1. The van der Waals surface area contributed by atoms with Gasteiger partial charge in [0.15, 0.2) is 0 Å². The van der Waals surface area contributed by atoms with E-state index in [1.807, 2.05) is 0 Å². The van der Waals surface area contributed by atoms with E-state index in [9.17, 15) is 0 Å². The third-order valence-electron chi connectivity index (χ3n) is 3.88. The highest BCUT2D eigenvalue weighted by Gasteiger charge is 2.32. The zero-order valence-electron chi connectivity index (χ0n) is 13.0. The molecule has 1 unspecified atom stereocenters. The van der Waals surface area contributed by atoms with Crippen LogP contribution in [0.3, 0.4) is 0 Å². The van der Waals surface area contributed by atoms with Gasteiger partial charge in [-0.1, -0.05) is 34.1 Å². The van der Waals surface area contributed by atoms with Crippen LogP contribution in [0.2, 0.25) is 0 Å². The van der Waals surface area contributed by atoms with Gasteiger partial charge in [0.25, 0.3) is 0 Å². The average molecular weight is 254 g/mol. The van der Waals surface area contributed by atoms with Gasteiger partial charge in [0.2, 0.25) is 0 Å². The molecule has 0 aliphatic heterocycles. The summed E-state index contributed by atoms with van der Waals surface area (Å²) in [6.07, 6.45) is 8.13. The number of rotatable bonds is 11. The number of hydrogen-bond donors (Lipinski definition) is 1. The summed E-state index contributed by atoms with van der Waals surface area (Å²) >= 11 is 0. The normalized spacial score (nSPS) is 17.7. The lowest BCUT2D eigenvalue weighted by Gasteiger charge is -2.32. The Morgan fingerprint density at radius 2 is 1.83 bits per heavy atom. The molecule has 2 nitrogen and oxygen atoms in total. The van der Waals surface area contributed by atoms with Crippen molar-refractivity contribution in [1.29, 1.82) is 0 Å². The first-order valence-electron chi connectivity index (χ1n) is 8.15. The Kier molecular flexibility index (Phi) is 7.92. The Bertz CT molecular complexity index is 199. The van der Waals surface area contributed by atoms with Crippen LogP contribution in [0.1, 0.15) is 66.2 Å². The van der Waals surface area contributed by atoms with Crippen LogP contribution in [0.5, 0.6) is 0 Å². The van der Waals surface area contributed by atoms with E-state index in [4.69, 9.17) is 0 Å². The molecule has 0 aromatic rings. The van der Waals surface area contributed by atoms with Gasteiger partial charge < -0.3 is 5.32 Å². The molecule has 1 saturated carbocycles. The van der Waals surface area contributed by atoms with Crippen molar-refractivity contribution in [3.8, 4) is 0 Å². The molecule has 1 aliphatic carbocycles. The Labute approximate surface area is 115 Å². The number of hydrogen-bond acceptors (Lipinski definition) is 2. The lowest BCUT2D eigenvalue weighted by Crippen LogP contribution is -2.44. The number of nitrogens with zero attached hydrogens (tertiary/aromatic N) is 1. The van der Waals surface area contributed by atoms with E-state index >= 15 is 0 Å². The van der Waals surface area contributed by atoms with E-state index in [2.05, 4.69) is 37.9 Å². The maximum absolute atomic E-state index is 3.63. The predicted molar refractivity (Wildman–Crippen MR) is 81.0 cm³/mol. The zero-order chi connectivity index (χ0) is 13.4. The largest absolute Gasteiger partial charge is 0.315 e. The quantitative estimate of drug-likeness (QED) is 0.566. The van der Waals surface area contributed by atoms with E-state index < -0.39 is 0 Å². The molecule has 0 bridgehead atoms. The Hall–Kier alpha value is -0.0800. The van der Waals surface area contributed by atoms with Crippen molar-refractivity contribution < 1.29 is 0 Å². The smallest absolute Gasteiger partial charge is 0.0223 e. The molecule has 108 valence electrons. The minimum absolute atomic E-state index is 0.771. The van der Waals surface area contributed by atoms with Gasteiger partial charge in [0.1, 0.15) is 0 Å². The van der Waals surface area contributed by atoms with Gasteiger partial charge >= 0.3 is 0 Å². The first-order valence-corrected chi connectivity index (χ1v) is 8.15. The van der Waals surface area contributed by atoms with Crippen LogP contribution in [0.4, 0.5) is 0 Å². The van der Waals surface area contributed by atoms with E-state index in [-0.39, 0.29) is 0 Å². The summed E-state index contributed by atoms with van der Waals surface area (Å²) in [7, 11) is 0. The van der Waals surface area contributed by atoms with Crippen LogP contribution in [0, 0.1) is 5.92 Å². The van der Waals surface area contributed by atoms with Crippen molar-refractivity contribution in [3.63, 3.8) is 0 Å². The van der Waals surface area contributed by atoms with Crippen molar-refractivity contribution in [2.75, 3.05) is 19.6 Å². The van der Waals surface area contributed by atoms with Crippen LogP contribution in [0.25, 0.3) is 0 Å². The standard InChI is InChI=1S/C16H34N2/c1-5-7-16(13-17-11-6-2)18(15-8-9-15)12-10-14(3)4/h14-17H,5-13H2,1-4H3. The summed E-state index contributed by atoms with van der Waals surface area (Å²) in [5.41, 5.74) is 0. The van der Waals surface area contributed by atoms with Gasteiger partial charge in [0, 0.05) is 18.6 Å². The van der Waals surface area contributed by atoms with Gasteiger partial charge in [-0.15, -0.1) is 0 Å². The molecule has 0 aromatic carbocycles. The van der Waals surface area contributed by atoms with Gasteiger partial charge in [-0.05, 0) is 51.1 Å². The summed E-state index contributed by atoms with van der Waals surface area (Å²) < 4.78 is 0. The topological polar surface area (TPSA) is 15.3 Å². The van der Waals surface area contributed by atoms with Crippen molar-refractivity contribution in [2.45, 2.75) is 78.3 Å². The first kappa shape index (κ1) is 16.0. The predicted octanol–water partition coefficient (Wildman–Crippen LogP) is 3.67. The first-order chi connectivity index (χ1) is 8.69. The maximum atomic E-state index is 3.63. The molecule has 1 atom stereocenters. The molecule has 1 N–H and O–H groups in total. The molecule has 2 heteroatoms. The highest BCUT2D eigenvalue weighted by Crippen LogP contribution is 2.30. The van der Waals surface area contributed by atoms with Crippen molar-refractivity contribution >= 4 is 0 Å². The SMILES string of the molecule is CCCNCC(CCC)N(CCC(C)C)C1CC1. The Morgan fingerprint density at radius 1 is 1.11 bits per heavy atom. The van der Waals surface area contributed by atoms with Crippen LogP contribution in [0.15, 0.2) is 0 Å². The molecule has 0 radical (unpaired) electrons. The van der Waals surface area contributed by atoms with Gasteiger partial charge in [-0.3, -0.25) is 4.90 Å². The summed E-state index contributed by atoms with van der Waals surface area (Å²) in [5, 5.41) is 3.63. The third-order valence-corrected chi connectivity index (χ3v) is 3.88. The van der Waals surface area contributed by atoms with E-state index in [0.29, 0.717) is 0 Å². The zero-order valence-corrected chi connectivity index (χ0v) is 13.0. The highest BCUT2D eigenvalue weighted by molar-refractivity contribution is 4.89. The third kappa shape index (κ3) is 6.19. The van der Waals surface area contributed by atoms with E-state index in [1.54, 1.807) is 0 Å². The van der Waals surface area contributed by atoms with Gasteiger partial charge in [0.05, 0.1) is 0 Å². The molecule has 1 rings (SSSR count). The van der Waals surface area contributed by atoms with Gasteiger partial charge in [-0.2, -0.15) is 0 Å². The summed E-state index contributed by atoms with van der Waals surface area (Å²) in [5.74, 6) is 0.831. The second kappa shape index (κ2) is 8.92. The van der Waals surface area contributed by atoms with Crippen molar-refractivity contribution in [2.24, 2.45) is 5.92 Å². The fourth-order valence-corrected chi connectivity index (χ4v) is 2.64. The molecule has 0 heterocycles. The minimum atomic E-state index is 0.771. The van der Waals surface area contributed by atoms with Crippen LogP contribution < -0.4 is 5.32 Å².